The van der Waals surface area contributed by atoms with Crippen molar-refractivity contribution in [3.8, 4) is 0 Å². The summed E-state index contributed by atoms with van der Waals surface area (Å²) in [6.07, 6.45) is 4.48. The van der Waals surface area contributed by atoms with E-state index in [2.05, 4.69) is 17.2 Å². The molecule has 0 aliphatic rings. The Labute approximate surface area is 120 Å². The molecule has 1 heterocycles. The molecule has 5 heteroatoms. The Morgan fingerprint density at radius 1 is 1.35 bits per heavy atom. The van der Waals surface area contributed by atoms with E-state index in [1.165, 1.54) is 11.1 Å². The number of nitrogens with one attached hydrogen (secondary N) is 1. The van der Waals surface area contributed by atoms with Gasteiger partial charge in [-0.15, -0.1) is 0 Å². The molecule has 0 aliphatic heterocycles. The molecule has 20 heavy (non-hydrogen) atoms. The number of rotatable bonds is 6. The molecule has 0 fully saturated rings. The fraction of sp³-hybridized carbons (Fsp3) is 0.533. The van der Waals surface area contributed by atoms with Crippen LogP contribution in [0, 0.1) is 5.92 Å². The molecular formula is C15H23N3O2. The van der Waals surface area contributed by atoms with Gasteiger partial charge >= 0.3 is 0 Å². The van der Waals surface area contributed by atoms with Gasteiger partial charge in [-0.2, -0.15) is 0 Å². The van der Waals surface area contributed by atoms with Gasteiger partial charge in [0.05, 0.1) is 5.56 Å². The van der Waals surface area contributed by atoms with Crippen molar-refractivity contribution in [2.75, 3.05) is 19.4 Å². The Kier molecular flexibility index (Phi) is 6.15. The van der Waals surface area contributed by atoms with Crippen LogP contribution in [0.4, 0.5) is 5.82 Å². The minimum atomic E-state index is -0.105. The lowest BCUT2D eigenvalue weighted by Gasteiger charge is -2.12. The van der Waals surface area contributed by atoms with Gasteiger partial charge in [-0.05, 0) is 18.6 Å². The first-order chi connectivity index (χ1) is 9.45. The molecule has 5 nitrogen and oxygen atoms in total. The summed E-state index contributed by atoms with van der Waals surface area (Å²) in [5.74, 6) is 0.317. The predicted octanol–water partition coefficient (Wildman–Crippen LogP) is 2.55. The Hall–Kier alpha value is -1.91. The summed E-state index contributed by atoms with van der Waals surface area (Å²) < 4.78 is 0. The average Bonchev–Trinajstić information content (AvgIpc) is 2.44. The molecule has 1 atom stereocenters. The maximum absolute atomic E-state index is 11.9. The van der Waals surface area contributed by atoms with Gasteiger partial charge in [0.25, 0.3) is 5.91 Å². The maximum Gasteiger partial charge on any atom is 0.254 e. The molecule has 2 amide bonds. The number of hydrogen-bond donors (Lipinski definition) is 1. The lowest BCUT2D eigenvalue weighted by atomic mass is 10.0. The number of carbonyl (C=O) groups is 2. The van der Waals surface area contributed by atoms with Gasteiger partial charge in [0, 0.05) is 26.2 Å². The van der Waals surface area contributed by atoms with Crippen molar-refractivity contribution in [1.29, 1.82) is 0 Å². The number of amides is 2. The van der Waals surface area contributed by atoms with Crippen molar-refractivity contribution < 1.29 is 9.59 Å². The standard InChI is InChI=1S/C15H23N3O2/c1-5-6-7-11(2)14(19)17-13-9-8-12(10-16-13)15(20)18(3)4/h8-11H,5-7H2,1-4H3,(H,16,17,19). The van der Waals surface area contributed by atoms with Crippen molar-refractivity contribution in [3.05, 3.63) is 23.9 Å². The van der Waals surface area contributed by atoms with Crippen molar-refractivity contribution in [2.45, 2.75) is 33.1 Å². The van der Waals surface area contributed by atoms with Gasteiger partial charge in [0.2, 0.25) is 5.91 Å². The van der Waals surface area contributed by atoms with Crippen LogP contribution in [0.2, 0.25) is 0 Å². The second-order valence-electron chi connectivity index (χ2n) is 5.16. The van der Waals surface area contributed by atoms with Gasteiger partial charge in [-0.1, -0.05) is 26.7 Å². The molecule has 0 saturated heterocycles. The van der Waals surface area contributed by atoms with E-state index in [9.17, 15) is 9.59 Å². The Morgan fingerprint density at radius 2 is 2.05 bits per heavy atom. The summed E-state index contributed by atoms with van der Waals surface area (Å²) in [4.78, 5) is 29.2. The Bertz CT molecular complexity index is 455. The van der Waals surface area contributed by atoms with Gasteiger partial charge in [0.15, 0.2) is 0 Å². The highest BCUT2D eigenvalue weighted by Crippen LogP contribution is 2.12. The van der Waals surface area contributed by atoms with E-state index in [-0.39, 0.29) is 17.7 Å². The van der Waals surface area contributed by atoms with E-state index in [0.717, 1.165) is 19.3 Å². The molecule has 0 radical (unpaired) electrons. The summed E-state index contributed by atoms with van der Waals surface area (Å²) >= 11 is 0. The minimum absolute atomic E-state index is 0.0279. The number of anilines is 1. The molecule has 0 saturated carbocycles. The third kappa shape index (κ3) is 4.64. The number of carbonyl (C=O) groups excluding carboxylic acids is 2. The quantitative estimate of drug-likeness (QED) is 0.869. The van der Waals surface area contributed by atoms with Crippen LogP contribution in [0.3, 0.4) is 0 Å². The minimum Gasteiger partial charge on any atom is -0.345 e. The van der Waals surface area contributed by atoms with Crippen molar-refractivity contribution in [1.82, 2.24) is 9.88 Å². The fourth-order valence-electron chi connectivity index (χ4n) is 1.74. The first kappa shape index (κ1) is 16.1. The zero-order valence-electron chi connectivity index (χ0n) is 12.6. The zero-order chi connectivity index (χ0) is 15.1. The van der Waals surface area contributed by atoms with E-state index in [1.54, 1.807) is 26.2 Å². The topological polar surface area (TPSA) is 62.3 Å². The molecule has 1 unspecified atom stereocenters. The van der Waals surface area contributed by atoms with Crippen LogP contribution in [0.1, 0.15) is 43.5 Å². The van der Waals surface area contributed by atoms with Gasteiger partial charge < -0.3 is 10.2 Å². The first-order valence-corrected chi connectivity index (χ1v) is 6.94. The van der Waals surface area contributed by atoms with Crippen LogP contribution >= 0.6 is 0 Å². The molecule has 110 valence electrons. The number of nitrogens with zero attached hydrogens (tertiary/aromatic N) is 2. The van der Waals surface area contributed by atoms with Gasteiger partial charge in [-0.3, -0.25) is 9.59 Å². The smallest absolute Gasteiger partial charge is 0.254 e. The van der Waals surface area contributed by atoms with E-state index in [1.807, 2.05) is 6.92 Å². The van der Waals surface area contributed by atoms with Crippen LogP contribution in [-0.2, 0) is 4.79 Å². The number of aromatic nitrogens is 1. The van der Waals surface area contributed by atoms with E-state index in [4.69, 9.17) is 0 Å². The van der Waals surface area contributed by atoms with Crippen LogP contribution < -0.4 is 5.32 Å². The van der Waals surface area contributed by atoms with Crippen LogP contribution in [-0.4, -0.2) is 35.8 Å². The molecule has 0 spiro atoms. The lowest BCUT2D eigenvalue weighted by molar-refractivity contribution is -0.119. The van der Waals surface area contributed by atoms with Crippen molar-refractivity contribution in [3.63, 3.8) is 0 Å². The predicted molar refractivity (Wildman–Crippen MR) is 79.6 cm³/mol. The summed E-state index contributed by atoms with van der Waals surface area (Å²) in [5, 5.41) is 2.77. The van der Waals surface area contributed by atoms with E-state index >= 15 is 0 Å². The second-order valence-corrected chi connectivity index (χ2v) is 5.16. The number of pyridine rings is 1. The molecule has 0 aliphatic carbocycles. The van der Waals surface area contributed by atoms with E-state index in [0.29, 0.717) is 11.4 Å². The second kappa shape index (κ2) is 7.62. The average molecular weight is 277 g/mol. The summed E-state index contributed by atoms with van der Waals surface area (Å²) in [6, 6.07) is 3.32. The molecule has 1 aromatic heterocycles. The van der Waals surface area contributed by atoms with Gasteiger partial charge in [0.1, 0.15) is 5.82 Å². The lowest BCUT2D eigenvalue weighted by Crippen LogP contribution is -2.23. The molecular weight excluding hydrogens is 254 g/mol. The molecule has 1 aromatic rings. The number of hydrogen-bond acceptors (Lipinski definition) is 3. The maximum atomic E-state index is 11.9. The third-order valence-corrected chi connectivity index (χ3v) is 3.11. The van der Waals surface area contributed by atoms with Crippen LogP contribution in [0.25, 0.3) is 0 Å². The van der Waals surface area contributed by atoms with Crippen molar-refractivity contribution in [2.24, 2.45) is 5.92 Å². The third-order valence-electron chi connectivity index (χ3n) is 3.11. The van der Waals surface area contributed by atoms with Gasteiger partial charge in [-0.25, -0.2) is 4.98 Å². The highest BCUT2D eigenvalue weighted by Gasteiger charge is 2.13. The van der Waals surface area contributed by atoms with Crippen LogP contribution in [0.5, 0.6) is 0 Å². The largest absolute Gasteiger partial charge is 0.345 e. The first-order valence-electron chi connectivity index (χ1n) is 6.94. The normalized spacial score (nSPS) is 11.8. The Morgan fingerprint density at radius 3 is 2.55 bits per heavy atom. The molecule has 0 bridgehead atoms. The summed E-state index contributed by atoms with van der Waals surface area (Å²) in [5.41, 5.74) is 0.507. The SMILES string of the molecule is CCCCC(C)C(=O)Nc1ccc(C(=O)N(C)C)cn1. The Balaban J connectivity index is 2.61. The summed E-state index contributed by atoms with van der Waals surface area (Å²) in [7, 11) is 3.38. The fourth-order valence-corrected chi connectivity index (χ4v) is 1.74. The monoisotopic (exact) mass is 277 g/mol. The van der Waals surface area contributed by atoms with Crippen molar-refractivity contribution >= 4 is 17.6 Å². The summed E-state index contributed by atoms with van der Waals surface area (Å²) in [6.45, 7) is 4.02. The molecule has 1 rings (SSSR count). The molecule has 0 aromatic carbocycles. The zero-order valence-corrected chi connectivity index (χ0v) is 12.6. The molecule has 1 N–H and O–H groups in total. The highest BCUT2D eigenvalue weighted by molar-refractivity contribution is 5.94. The van der Waals surface area contributed by atoms with Crippen LogP contribution in [0.15, 0.2) is 18.3 Å². The highest BCUT2D eigenvalue weighted by atomic mass is 16.2. The van der Waals surface area contributed by atoms with E-state index < -0.39 is 0 Å². The number of unbranched alkanes of at least 4 members (excludes halogenated alkanes) is 1.